The molecular weight excluding hydrogens is 296 g/mol. The van der Waals surface area contributed by atoms with Gasteiger partial charge in [0.15, 0.2) is 0 Å². The van der Waals surface area contributed by atoms with E-state index in [-0.39, 0.29) is 18.0 Å². The average Bonchev–Trinajstić information content (AvgIpc) is 2.49. The highest BCUT2D eigenvalue weighted by molar-refractivity contribution is 6.33. The van der Waals surface area contributed by atoms with Crippen molar-refractivity contribution in [3.63, 3.8) is 0 Å². The second kappa shape index (κ2) is 6.01. The van der Waals surface area contributed by atoms with E-state index >= 15 is 0 Å². The van der Waals surface area contributed by atoms with Gasteiger partial charge in [-0.25, -0.2) is 0 Å². The number of carbonyl (C=O) groups is 1. The molecule has 1 amide bonds. The van der Waals surface area contributed by atoms with Crippen molar-refractivity contribution in [1.29, 1.82) is 0 Å². The van der Waals surface area contributed by atoms with Crippen molar-refractivity contribution in [2.45, 2.75) is 32.4 Å². The molecule has 22 heavy (non-hydrogen) atoms. The van der Waals surface area contributed by atoms with E-state index in [4.69, 9.17) is 11.6 Å². The zero-order valence-corrected chi connectivity index (χ0v) is 13.5. The van der Waals surface area contributed by atoms with E-state index < -0.39 is 0 Å². The van der Waals surface area contributed by atoms with Gasteiger partial charge in [-0.05, 0) is 37.1 Å². The minimum absolute atomic E-state index is 0.0798. The van der Waals surface area contributed by atoms with Crippen LogP contribution in [0.4, 0.5) is 11.4 Å². The minimum atomic E-state index is 0.0798. The van der Waals surface area contributed by atoms with Gasteiger partial charge in [-0.15, -0.1) is 0 Å². The molecule has 3 nitrogen and oxygen atoms in total. The maximum absolute atomic E-state index is 12.0. The third-order valence-corrected chi connectivity index (χ3v) is 4.46. The van der Waals surface area contributed by atoms with E-state index in [1.54, 1.807) is 6.92 Å². The Hall–Kier alpha value is -2.00. The van der Waals surface area contributed by atoms with Crippen molar-refractivity contribution in [3.8, 4) is 0 Å². The number of fused-ring (bicyclic) bond motifs is 1. The Balaban J connectivity index is 1.98. The van der Waals surface area contributed by atoms with Crippen LogP contribution in [-0.2, 0) is 4.79 Å². The van der Waals surface area contributed by atoms with Gasteiger partial charge in [0.1, 0.15) is 0 Å². The van der Waals surface area contributed by atoms with Crippen LogP contribution in [0.3, 0.4) is 0 Å². The molecule has 0 bridgehead atoms. The van der Waals surface area contributed by atoms with E-state index in [2.05, 4.69) is 18.3 Å². The molecule has 4 heteroatoms. The van der Waals surface area contributed by atoms with Crippen molar-refractivity contribution in [3.05, 3.63) is 59.1 Å². The van der Waals surface area contributed by atoms with Crippen LogP contribution in [0.25, 0.3) is 0 Å². The van der Waals surface area contributed by atoms with Crippen LogP contribution < -0.4 is 10.2 Å². The second-order valence-corrected chi connectivity index (χ2v) is 6.12. The number of hydrogen-bond donors (Lipinski definition) is 1. The molecule has 2 aromatic rings. The van der Waals surface area contributed by atoms with Gasteiger partial charge in [0.2, 0.25) is 5.91 Å². The van der Waals surface area contributed by atoms with Crippen molar-refractivity contribution in [2.24, 2.45) is 0 Å². The Morgan fingerprint density at radius 3 is 2.59 bits per heavy atom. The molecule has 1 aliphatic heterocycles. The number of nitrogens with one attached hydrogen (secondary N) is 1. The summed E-state index contributed by atoms with van der Waals surface area (Å²) in [6, 6.07) is 16.1. The van der Waals surface area contributed by atoms with Gasteiger partial charge in [-0.1, -0.05) is 41.9 Å². The molecule has 0 aromatic heterocycles. The summed E-state index contributed by atoms with van der Waals surface area (Å²) in [6.07, 6.45) is 0.849. The smallest absolute Gasteiger partial charge is 0.224 e. The summed E-state index contributed by atoms with van der Waals surface area (Å²) in [7, 11) is 0. The summed E-state index contributed by atoms with van der Waals surface area (Å²) < 4.78 is 0. The largest absolute Gasteiger partial charge is 0.377 e. The number of rotatable bonds is 2. The first-order chi connectivity index (χ1) is 10.6. The Kier molecular flexibility index (Phi) is 4.08. The number of halogens is 1. The van der Waals surface area contributed by atoms with Crippen molar-refractivity contribution in [2.75, 3.05) is 10.2 Å². The summed E-state index contributed by atoms with van der Waals surface area (Å²) in [5.41, 5.74) is 3.04. The van der Waals surface area contributed by atoms with Crippen molar-refractivity contribution >= 4 is 28.9 Å². The third kappa shape index (κ3) is 2.69. The van der Waals surface area contributed by atoms with Crippen LogP contribution in [0.5, 0.6) is 0 Å². The molecule has 0 unspecified atom stereocenters. The predicted molar refractivity (Wildman–Crippen MR) is 91.5 cm³/mol. The molecule has 3 rings (SSSR count). The number of nitrogens with zero attached hydrogens (tertiary/aromatic N) is 1. The Morgan fingerprint density at radius 2 is 1.86 bits per heavy atom. The molecule has 0 aliphatic carbocycles. The van der Waals surface area contributed by atoms with E-state index in [0.29, 0.717) is 5.02 Å². The molecule has 114 valence electrons. The number of hydrogen-bond acceptors (Lipinski definition) is 2. The van der Waals surface area contributed by atoms with Crippen molar-refractivity contribution < 1.29 is 4.79 Å². The lowest BCUT2D eigenvalue weighted by Gasteiger charge is -2.39. The van der Waals surface area contributed by atoms with Gasteiger partial charge in [-0.3, -0.25) is 4.79 Å². The Labute approximate surface area is 135 Å². The molecule has 2 aromatic carbocycles. The second-order valence-electron chi connectivity index (χ2n) is 5.71. The average molecular weight is 315 g/mol. The van der Waals surface area contributed by atoms with E-state index in [0.717, 1.165) is 23.4 Å². The molecular formula is C18H19ClN2O. The predicted octanol–water partition coefficient (Wildman–Crippen LogP) is 4.64. The van der Waals surface area contributed by atoms with Crippen LogP contribution in [0.1, 0.15) is 31.9 Å². The fourth-order valence-corrected chi connectivity index (χ4v) is 3.39. The lowest BCUT2D eigenvalue weighted by molar-refractivity contribution is -0.117. The maximum Gasteiger partial charge on any atom is 0.224 e. The lowest BCUT2D eigenvalue weighted by atomic mass is 9.91. The third-order valence-electron chi connectivity index (χ3n) is 4.13. The molecule has 1 heterocycles. The van der Waals surface area contributed by atoms with Gasteiger partial charge in [-0.2, -0.15) is 0 Å². The molecule has 0 fully saturated rings. The Bertz CT molecular complexity index is 701. The van der Waals surface area contributed by atoms with Crippen LogP contribution in [-0.4, -0.2) is 11.9 Å². The van der Waals surface area contributed by atoms with Crippen LogP contribution in [0.2, 0.25) is 5.02 Å². The first-order valence-corrected chi connectivity index (χ1v) is 7.85. The highest BCUT2D eigenvalue weighted by atomic mass is 35.5. The number of para-hydroxylation sites is 2. The van der Waals surface area contributed by atoms with Gasteiger partial charge >= 0.3 is 0 Å². The lowest BCUT2D eigenvalue weighted by Crippen LogP contribution is -2.43. The standard InChI is InChI=1S/C18H19ClN2O/c1-12-11-17(20-16-9-5-4-8-15(16)19)14-7-3-6-10-18(14)21(12)13(2)22/h3-10,12,17,20H,11H2,1-2H3/t12-,17+/m1/s1. The first kappa shape index (κ1) is 14.9. The number of carbonyl (C=O) groups excluding carboxylic acids is 1. The Morgan fingerprint density at radius 1 is 1.18 bits per heavy atom. The molecule has 0 saturated carbocycles. The topological polar surface area (TPSA) is 32.3 Å². The highest BCUT2D eigenvalue weighted by Crippen LogP contribution is 2.39. The number of benzene rings is 2. The first-order valence-electron chi connectivity index (χ1n) is 7.47. The molecule has 0 radical (unpaired) electrons. The van der Waals surface area contributed by atoms with Crippen molar-refractivity contribution in [1.82, 2.24) is 0 Å². The molecule has 0 spiro atoms. The minimum Gasteiger partial charge on any atom is -0.377 e. The zero-order chi connectivity index (χ0) is 15.7. The van der Waals surface area contributed by atoms with Gasteiger partial charge < -0.3 is 10.2 Å². The quantitative estimate of drug-likeness (QED) is 0.876. The van der Waals surface area contributed by atoms with Gasteiger partial charge in [0.05, 0.1) is 16.8 Å². The molecule has 2 atom stereocenters. The van der Waals surface area contributed by atoms with Gasteiger partial charge in [0, 0.05) is 18.7 Å². The fraction of sp³-hybridized carbons (Fsp3) is 0.278. The zero-order valence-electron chi connectivity index (χ0n) is 12.7. The van der Waals surface area contributed by atoms with E-state index in [1.807, 2.05) is 47.4 Å². The number of anilines is 2. The highest BCUT2D eigenvalue weighted by Gasteiger charge is 2.32. The maximum atomic E-state index is 12.0. The van der Waals surface area contributed by atoms with E-state index in [9.17, 15) is 4.79 Å². The van der Waals surface area contributed by atoms with Gasteiger partial charge in [0.25, 0.3) is 0 Å². The fourth-order valence-electron chi connectivity index (χ4n) is 3.20. The molecule has 0 saturated heterocycles. The van der Waals surface area contributed by atoms with E-state index in [1.165, 1.54) is 0 Å². The van der Waals surface area contributed by atoms with Crippen LogP contribution >= 0.6 is 11.6 Å². The molecule has 1 N–H and O–H groups in total. The SMILES string of the molecule is CC(=O)N1c2ccccc2[C@@H](Nc2ccccc2Cl)C[C@H]1C. The van der Waals surface area contributed by atoms with Crippen LogP contribution in [0.15, 0.2) is 48.5 Å². The number of amides is 1. The monoisotopic (exact) mass is 314 g/mol. The summed E-state index contributed by atoms with van der Waals surface area (Å²) in [4.78, 5) is 13.9. The molecule has 1 aliphatic rings. The summed E-state index contributed by atoms with van der Waals surface area (Å²) in [6.45, 7) is 3.70. The summed E-state index contributed by atoms with van der Waals surface area (Å²) in [5.74, 6) is 0.0798. The normalized spacial score (nSPS) is 20.4. The van der Waals surface area contributed by atoms with Crippen LogP contribution in [0, 0.1) is 0 Å². The summed E-state index contributed by atoms with van der Waals surface area (Å²) in [5, 5.41) is 4.24. The summed E-state index contributed by atoms with van der Waals surface area (Å²) >= 11 is 6.26.